The Labute approximate surface area is 154 Å². The number of hydrogen-bond donors (Lipinski definition) is 0. The van der Waals surface area contributed by atoms with E-state index < -0.39 is 0 Å². The fraction of sp³-hybridized carbons (Fsp3) is 0.440. The van der Waals surface area contributed by atoms with E-state index in [4.69, 9.17) is 0 Å². The van der Waals surface area contributed by atoms with Crippen LogP contribution >= 0.6 is 0 Å². The molecule has 0 aliphatic heterocycles. The fourth-order valence-corrected chi connectivity index (χ4v) is 3.82. The fourth-order valence-electron chi connectivity index (χ4n) is 3.82. The lowest BCUT2D eigenvalue weighted by Gasteiger charge is -2.19. The summed E-state index contributed by atoms with van der Waals surface area (Å²) >= 11 is 0. The summed E-state index contributed by atoms with van der Waals surface area (Å²) in [6.45, 7) is 11.4. The van der Waals surface area contributed by atoms with Crippen molar-refractivity contribution in [1.29, 1.82) is 0 Å². The lowest BCUT2D eigenvalue weighted by Crippen LogP contribution is -2.10. The molecule has 1 aliphatic carbocycles. The van der Waals surface area contributed by atoms with E-state index in [0.29, 0.717) is 0 Å². The summed E-state index contributed by atoms with van der Waals surface area (Å²) in [6, 6.07) is 13.8. The molecule has 0 heteroatoms. The number of hydrogen-bond acceptors (Lipinski definition) is 0. The molecule has 0 spiro atoms. The molecular weight excluding hydrogens is 300 g/mol. The van der Waals surface area contributed by atoms with Crippen LogP contribution in [0.2, 0.25) is 0 Å². The Balaban J connectivity index is 1.93. The van der Waals surface area contributed by atoms with E-state index in [2.05, 4.69) is 77.1 Å². The summed E-state index contributed by atoms with van der Waals surface area (Å²) in [6.07, 6.45) is 8.84. The summed E-state index contributed by atoms with van der Waals surface area (Å²) in [4.78, 5) is 0. The number of fused-ring (bicyclic) bond motifs is 1. The molecule has 3 rings (SSSR count). The van der Waals surface area contributed by atoms with Crippen LogP contribution in [-0.2, 0) is 11.8 Å². The largest absolute Gasteiger partial charge is 0.0654 e. The molecule has 25 heavy (non-hydrogen) atoms. The maximum atomic E-state index is 2.48. The predicted octanol–water partition coefficient (Wildman–Crippen LogP) is 7.48. The third kappa shape index (κ3) is 3.89. The molecule has 0 fully saturated rings. The molecule has 2 aromatic rings. The van der Waals surface area contributed by atoms with Gasteiger partial charge in [0.2, 0.25) is 0 Å². The SMILES string of the molecule is CCCCCC1=Cc2c(-c3ccc(C(C)(C)C)cc3)ccc(C)c2C1. The molecule has 0 saturated heterocycles. The Morgan fingerprint density at radius 1 is 0.920 bits per heavy atom. The maximum absolute atomic E-state index is 2.48. The zero-order chi connectivity index (χ0) is 18.0. The topological polar surface area (TPSA) is 0 Å². The number of aryl methyl sites for hydroxylation is 1. The van der Waals surface area contributed by atoms with Crippen molar-refractivity contribution in [1.82, 2.24) is 0 Å². The molecule has 0 radical (unpaired) electrons. The van der Waals surface area contributed by atoms with Crippen LogP contribution in [0.5, 0.6) is 0 Å². The maximum Gasteiger partial charge on any atom is -0.00550 e. The molecule has 0 unspecified atom stereocenters. The normalized spacial score (nSPS) is 13.7. The molecular formula is C25H32. The third-order valence-corrected chi connectivity index (χ3v) is 5.51. The summed E-state index contributed by atoms with van der Waals surface area (Å²) in [5.41, 5.74) is 10.4. The molecule has 0 saturated carbocycles. The van der Waals surface area contributed by atoms with Gasteiger partial charge in [0, 0.05) is 0 Å². The zero-order valence-corrected chi connectivity index (χ0v) is 16.6. The van der Waals surface area contributed by atoms with Crippen LogP contribution in [0, 0.1) is 6.92 Å². The number of unbranched alkanes of at least 4 members (excludes halogenated alkanes) is 2. The van der Waals surface area contributed by atoms with Crippen molar-refractivity contribution in [2.24, 2.45) is 0 Å². The van der Waals surface area contributed by atoms with Crippen molar-refractivity contribution in [3.8, 4) is 11.1 Å². The van der Waals surface area contributed by atoms with Crippen LogP contribution < -0.4 is 0 Å². The van der Waals surface area contributed by atoms with Gasteiger partial charge in [-0.2, -0.15) is 0 Å². The van der Waals surface area contributed by atoms with Crippen LogP contribution in [0.1, 0.15) is 75.6 Å². The van der Waals surface area contributed by atoms with Crippen molar-refractivity contribution in [2.45, 2.75) is 72.1 Å². The van der Waals surface area contributed by atoms with Gasteiger partial charge in [-0.3, -0.25) is 0 Å². The molecule has 0 N–H and O–H groups in total. The smallest absolute Gasteiger partial charge is 0.00550 e. The predicted molar refractivity (Wildman–Crippen MR) is 111 cm³/mol. The summed E-state index contributed by atoms with van der Waals surface area (Å²) in [5.74, 6) is 0. The van der Waals surface area contributed by atoms with Crippen molar-refractivity contribution in [3.05, 3.63) is 64.2 Å². The molecule has 0 heterocycles. The standard InChI is InChI=1S/C25H32/c1-6-7-8-9-19-16-23-18(2)10-15-22(24(23)17-19)20-11-13-21(14-12-20)25(3,4)5/h10-15,17H,6-9,16H2,1-5H3. The Kier molecular flexibility index (Phi) is 5.18. The minimum Gasteiger partial charge on any atom is -0.0654 e. The quantitative estimate of drug-likeness (QED) is 0.498. The molecule has 0 atom stereocenters. The van der Waals surface area contributed by atoms with Crippen molar-refractivity contribution in [2.75, 3.05) is 0 Å². The van der Waals surface area contributed by atoms with Gasteiger partial charge in [-0.25, -0.2) is 0 Å². The van der Waals surface area contributed by atoms with Crippen molar-refractivity contribution in [3.63, 3.8) is 0 Å². The number of benzene rings is 2. The first-order valence-electron chi connectivity index (χ1n) is 9.83. The van der Waals surface area contributed by atoms with Crippen molar-refractivity contribution < 1.29 is 0 Å². The highest BCUT2D eigenvalue weighted by atomic mass is 14.2. The molecule has 1 aliphatic rings. The van der Waals surface area contributed by atoms with Gasteiger partial charge in [0.25, 0.3) is 0 Å². The van der Waals surface area contributed by atoms with Crippen LogP contribution in [0.25, 0.3) is 17.2 Å². The first kappa shape index (κ1) is 18.0. The lowest BCUT2D eigenvalue weighted by molar-refractivity contribution is 0.590. The molecule has 2 aromatic carbocycles. The van der Waals surface area contributed by atoms with E-state index in [-0.39, 0.29) is 5.41 Å². The molecule has 0 aromatic heterocycles. The molecule has 0 bridgehead atoms. The Hall–Kier alpha value is -1.82. The monoisotopic (exact) mass is 332 g/mol. The van der Waals surface area contributed by atoms with Gasteiger partial charge in [0.15, 0.2) is 0 Å². The van der Waals surface area contributed by atoms with E-state index in [1.165, 1.54) is 53.5 Å². The van der Waals surface area contributed by atoms with Crippen molar-refractivity contribution >= 4 is 6.08 Å². The first-order valence-corrected chi connectivity index (χ1v) is 9.83. The Bertz CT molecular complexity index is 767. The minimum absolute atomic E-state index is 0.208. The highest BCUT2D eigenvalue weighted by Gasteiger charge is 2.19. The lowest BCUT2D eigenvalue weighted by atomic mass is 9.85. The van der Waals surface area contributed by atoms with E-state index in [1.807, 2.05) is 0 Å². The van der Waals surface area contributed by atoms with Gasteiger partial charge < -0.3 is 0 Å². The van der Waals surface area contributed by atoms with Gasteiger partial charge in [-0.15, -0.1) is 0 Å². The minimum atomic E-state index is 0.208. The van der Waals surface area contributed by atoms with Crippen LogP contribution in [-0.4, -0.2) is 0 Å². The summed E-state index contributed by atoms with van der Waals surface area (Å²) in [5, 5.41) is 0. The molecule has 132 valence electrons. The van der Waals surface area contributed by atoms with E-state index in [9.17, 15) is 0 Å². The van der Waals surface area contributed by atoms with Gasteiger partial charge in [-0.05, 0) is 65.0 Å². The number of allylic oxidation sites excluding steroid dienone is 1. The van der Waals surface area contributed by atoms with E-state index >= 15 is 0 Å². The summed E-state index contributed by atoms with van der Waals surface area (Å²) < 4.78 is 0. The Morgan fingerprint density at radius 2 is 1.64 bits per heavy atom. The summed E-state index contributed by atoms with van der Waals surface area (Å²) in [7, 11) is 0. The Morgan fingerprint density at radius 3 is 2.28 bits per heavy atom. The second-order valence-electron chi connectivity index (χ2n) is 8.59. The van der Waals surface area contributed by atoms with Crippen LogP contribution in [0.4, 0.5) is 0 Å². The number of rotatable bonds is 5. The van der Waals surface area contributed by atoms with Crippen LogP contribution in [0.3, 0.4) is 0 Å². The van der Waals surface area contributed by atoms with Gasteiger partial charge in [0.1, 0.15) is 0 Å². The second-order valence-corrected chi connectivity index (χ2v) is 8.59. The third-order valence-electron chi connectivity index (χ3n) is 5.51. The van der Waals surface area contributed by atoms with Gasteiger partial charge in [0.05, 0.1) is 0 Å². The van der Waals surface area contributed by atoms with Gasteiger partial charge in [-0.1, -0.05) is 88.6 Å². The average molecular weight is 333 g/mol. The highest BCUT2D eigenvalue weighted by molar-refractivity contribution is 5.81. The van der Waals surface area contributed by atoms with E-state index in [0.717, 1.165) is 6.42 Å². The zero-order valence-electron chi connectivity index (χ0n) is 16.6. The molecule has 0 nitrogen and oxygen atoms in total. The second kappa shape index (κ2) is 7.20. The highest BCUT2D eigenvalue weighted by Crippen LogP contribution is 2.38. The van der Waals surface area contributed by atoms with E-state index in [1.54, 1.807) is 11.1 Å². The van der Waals surface area contributed by atoms with Gasteiger partial charge >= 0.3 is 0 Å². The first-order chi connectivity index (χ1) is 11.9. The molecule has 0 amide bonds. The average Bonchev–Trinajstić information content (AvgIpc) is 3.00. The van der Waals surface area contributed by atoms with Crippen LogP contribution in [0.15, 0.2) is 42.0 Å².